The predicted molar refractivity (Wildman–Crippen MR) is 51.7 cm³/mol. The van der Waals surface area contributed by atoms with Gasteiger partial charge in [-0.15, -0.1) is 10.2 Å². The van der Waals surface area contributed by atoms with E-state index in [4.69, 9.17) is 0 Å². The monoisotopic (exact) mass is 259 g/mol. The van der Waals surface area contributed by atoms with Gasteiger partial charge in [-0.3, -0.25) is 0 Å². The summed E-state index contributed by atoms with van der Waals surface area (Å²) in [6.45, 7) is 0.693. The number of rotatable bonds is 3. The molecular formula is C6H6BrN5S. The molecule has 2 rings (SSSR count). The number of aromatic nitrogens is 5. The van der Waals surface area contributed by atoms with E-state index in [2.05, 4.69) is 35.8 Å². The van der Waals surface area contributed by atoms with Crippen molar-refractivity contribution in [1.82, 2.24) is 24.6 Å². The summed E-state index contributed by atoms with van der Waals surface area (Å²) in [5.41, 5.74) is 1.05. The Kier molecular flexibility index (Phi) is 2.65. The molecule has 0 atom stereocenters. The van der Waals surface area contributed by atoms with E-state index >= 15 is 0 Å². The molecule has 68 valence electrons. The molecule has 5 nitrogen and oxygen atoms in total. The topological polar surface area (TPSA) is 56.5 Å². The van der Waals surface area contributed by atoms with Gasteiger partial charge in [0, 0.05) is 5.33 Å². The molecule has 2 aromatic rings. The van der Waals surface area contributed by atoms with Gasteiger partial charge in [-0.25, -0.2) is 4.68 Å². The van der Waals surface area contributed by atoms with E-state index in [-0.39, 0.29) is 0 Å². The van der Waals surface area contributed by atoms with Crippen LogP contribution >= 0.6 is 27.5 Å². The van der Waals surface area contributed by atoms with Crippen LogP contribution in [0.2, 0.25) is 0 Å². The van der Waals surface area contributed by atoms with Gasteiger partial charge in [-0.05, 0) is 11.5 Å². The maximum Gasteiger partial charge on any atom is 0.0805 e. The summed E-state index contributed by atoms with van der Waals surface area (Å²) < 4.78 is 5.60. The number of nitrogens with zero attached hydrogens (tertiary/aromatic N) is 5. The summed E-state index contributed by atoms with van der Waals surface area (Å²) in [5, 5.41) is 12.3. The largest absolute Gasteiger partial charge is 0.243 e. The third kappa shape index (κ3) is 1.92. The number of halogens is 1. The lowest BCUT2D eigenvalue weighted by Gasteiger charge is -1.99. The fourth-order valence-electron chi connectivity index (χ4n) is 0.920. The molecule has 2 aromatic heterocycles. The van der Waals surface area contributed by atoms with Crippen LogP contribution in [0.3, 0.4) is 0 Å². The molecule has 0 fully saturated rings. The van der Waals surface area contributed by atoms with E-state index in [1.165, 1.54) is 11.5 Å². The molecule has 0 aliphatic rings. The number of hydrogen-bond acceptors (Lipinski definition) is 5. The average molecular weight is 260 g/mol. The minimum absolute atomic E-state index is 0.693. The quantitative estimate of drug-likeness (QED) is 0.775. The molecule has 13 heavy (non-hydrogen) atoms. The van der Waals surface area contributed by atoms with Crippen molar-refractivity contribution < 1.29 is 0 Å². The first-order chi connectivity index (χ1) is 6.40. The summed E-state index contributed by atoms with van der Waals surface area (Å²) in [4.78, 5) is 1.08. The van der Waals surface area contributed by atoms with E-state index in [0.29, 0.717) is 6.54 Å². The van der Waals surface area contributed by atoms with Crippen molar-refractivity contribution >= 4 is 27.5 Å². The van der Waals surface area contributed by atoms with Crippen LogP contribution in [0.4, 0.5) is 0 Å². The normalized spacial score (nSPS) is 10.5. The standard InChI is InChI=1S/C6H6BrN5S/c7-1-5-2-8-10-12(5)4-6-3-9-11-13-6/h2-3H,1,4H2. The van der Waals surface area contributed by atoms with E-state index in [0.717, 1.165) is 15.9 Å². The highest BCUT2D eigenvalue weighted by Crippen LogP contribution is 2.08. The van der Waals surface area contributed by atoms with Gasteiger partial charge < -0.3 is 0 Å². The molecule has 7 heteroatoms. The molecule has 0 radical (unpaired) electrons. The Bertz CT molecular complexity index is 370. The second-order valence-electron chi connectivity index (χ2n) is 2.40. The van der Waals surface area contributed by atoms with Gasteiger partial charge in [-0.1, -0.05) is 25.6 Å². The van der Waals surface area contributed by atoms with Crippen LogP contribution in [0.1, 0.15) is 10.6 Å². The summed E-state index contributed by atoms with van der Waals surface area (Å²) >= 11 is 4.74. The summed E-state index contributed by atoms with van der Waals surface area (Å²) in [6.07, 6.45) is 3.48. The highest BCUT2D eigenvalue weighted by molar-refractivity contribution is 9.08. The minimum Gasteiger partial charge on any atom is -0.243 e. The second kappa shape index (κ2) is 3.93. The third-order valence-corrected chi connectivity index (χ3v) is 2.77. The first-order valence-electron chi connectivity index (χ1n) is 3.59. The van der Waals surface area contributed by atoms with Crippen molar-refractivity contribution in [3.05, 3.63) is 23.0 Å². The first kappa shape index (κ1) is 8.76. The number of hydrogen-bond donors (Lipinski definition) is 0. The molecule has 0 amide bonds. The van der Waals surface area contributed by atoms with Crippen molar-refractivity contribution in [3.63, 3.8) is 0 Å². The first-order valence-corrected chi connectivity index (χ1v) is 5.49. The Morgan fingerprint density at radius 3 is 3.00 bits per heavy atom. The van der Waals surface area contributed by atoms with Crippen LogP contribution < -0.4 is 0 Å². The molecule has 0 N–H and O–H groups in total. The molecule has 0 saturated carbocycles. The van der Waals surface area contributed by atoms with Crippen molar-refractivity contribution in [1.29, 1.82) is 0 Å². The van der Waals surface area contributed by atoms with Crippen LogP contribution in [0, 0.1) is 0 Å². The molecule has 0 aromatic carbocycles. The average Bonchev–Trinajstić information content (AvgIpc) is 2.76. The fourth-order valence-corrected chi connectivity index (χ4v) is 1.83. The summed E-state index contributed by atoms with van der Waals surface area (Å²) in [6, 6.07) is 0. The van der Waals surface area contributed by atoms with Crippen molar-refractivity contribution in [2.24, 2.45) is 0 Å². The van der Waals surface area contributed by atoms with Gasteiger partial charge in [0.15, 0.2) is 0 Å². The van der Waals surface area contributed by atoms with E-state index in [1.807, 2.05) is 4.68 Å². The van der Waals surface area contributed by atoms with Crippen LogP contribution in [0.5, 0.6) is 0 Å². The summed E-state index contributed by atoms with van der Waals surface area (Å²) in [5.74, 6) is 0. The summed E-state index contributed by atoms with van der Waals surface area (Å²) in [7, 11) is 0. The molecule has 0 unspecified atom stereocenters. The Hall–Kier alpha value is -0.820. The fraction of sp³-hybridized carbons (Fsp3) is 0.333. The van der Waals surface area contributed by atoms with E-state index in [1.54, 1.807) is 12.4 Å². The van der Waals surface area contributed by atoms with Crippen molar-refractivity contribution in [2.75, 3.05) is 0 Å². The van der Waals surface area contributed by atoms with E-state index < -0.39 is 0 Å². The highest BCUT2D eigenvalue weighted by Gasteiger charge is 2.04. The van der Waals surface area contributed by atoms with Gasteiger partial charge >= 0.3 is 0 Å². The smallest absolute Gasteiger partial charge is 0.0805 e. The molecule has 2 heterocycles. The predicted octanol–water partition coefficient (Wildman–Crippen LogP) is 1.07. The Labute approximate surface area is 87.1 Å². The third-order valence-electron chi connectivity index (χ3n) is 1.55. The lowest BCUT2D eigenvalue weighted by atomic mass is 10.5. The molecule has 0 saturated heterocycles. The zero-order valence-electron chi connectivity index (χ0n) is 6.59. The van der Waals surface area contributed by atoms with E-state index in [9.17, 15) is 0 Å². The second-order valence-corrected chi connectivity index (χ2v) is 3.83. The number of alkyl halides is 1. The maximum atomic E-state index is 3.95. The molecule has 0 spiro atoms. The van der Waals surface area contributed by atoms with Crippen LogP contribution in [0.25, 0.3) is 0 Å². The molecule has 0 bridgehead atoms. The van der Waals surface area contributed by atoms with Gasteiger partial charge in [0.25, 0.3) is 0 Å². The van der Waals surface area contributed by atoms with Gasteiger partial charge in [0.2, 0.25) is 0 Å². The van der Waals surface area contributed by atoms with Crippen LogP contribution in [-0.4, -0.2) is 24.6 Å². The minimum atomic E-state index is 0.693. The van der Waals surface area contributed by atoms with Crippen molar-refractivity contribution in [3.8, 4) is 0 Å². The SMILES string of the molecule is BrCc1cnnn1Cc1cnns1. The van der Waals surface area contributed by atoms with Gasteiger partial charge in [0.1, 0.15) is 0 Å². The lowest BCUT2D eigenvalue weighted by Crippen LogP contribution is -2.03. The zero-order valence-corrected chi connectivity index (χ0v) is 8.99. The Morgan fingerprint density at radius 1 is 1.38 bits per heavy atom. The van der Waals surface area contributed by atoms with Gasteiger partial charge in [-0.2, -0.15) is 0 Å². The Balaban J connectivity index is 2.18. The molecule has 0 aliphatic carbocycles. The van der Waals surface area contributed by atoms with Gasteiger partial charge in [0.05, 0.1) is 29.5 Å². The highest BCUT2D eigenvalue weighted by atomic mass is 79.9. The Morgan fingerprint density at radius 2 is 2.31 bits per heavy atom. The molecule has 0 aliphatic heterocycles. The molecular weight excluding hydrogens is 254 g/mol. The zero-order chi connectivity index (χ0) is 9.10. The van der Waals surface area contributed by atoms with Crippen LogP contribution in [-0.2, 0) is 11.9 Å². The lowest BCUT2D eigenvalue weighted by molar-refractivity contribution is 0.637. The maximum absolute atomic E-state index is 3.95. The van der Waals surface area contributed by atoms with Crippen molar-refractivity contribution in [2.45, 2.75) is 11.9 Å². The van der Waals surface area contributed by atoms with Crippen LogP contribution in [0.15, 0.2) is 12.4 Å².